The summed E-state index contributed by atoms with van der Waals surface area (Å²) in [6.07, 6.45) is 1.44. The third-order valence-corrected chi connectivity index (χ3v) is 3.35. The molecule has 100 valence electrons. The van der Waals surface area contributed by atoms with Gasteiger partial charge in [-0.25, -0.2) is 0 Å². The minimum absolute atomic E-state index is 0.264. The quantitative estimate of drug-likeness (QED) is 0.337. The molecule has 1 saturated heterocycles. The molecule has 0 aromatic rings. The molecule has 0 spiro atoms. The van der Waals surface area contributed by atoms with Crippen LogP contribution in [0.2, 0.25) is 0 Å². The number of hydrogen-bond acceptors (Lipinski definition) is 4. The first-order valence-corrected chi connectivity index (χ1v) is 6.21. The van der Waals surface area contributed by atoms with Crippen molar-refractivity contribution in [2.45, 2.75) is 46.3 Å². The Hall–Kier alpha value is -0.810. The number of amidine groups is 1. The van der Waals surface area contributed by atoms with Gasteiger partial charge in [-0.05, 0) is 26.8 Å². The number of nitrogens with zero attached hydrogens (tertiary/aromatic N) is 2. The van der Waals surface area contributed by atoms with Crippen LogP contribution in [0.5, 0.6) is 0 Å². The second-order valence-electron chi connectivity index (χ2n) is 5.64. The van der Waals surface area contributed by atoms with Gasteiger partial charge in [0.25, 0.3) is 0 Å². The first kappa shape index (κ1) is 14.3. The predicted molar refractivity (Wildman–Crippen MR) is 68.3 cm³/mol. The molecular formula is C12H25N3O2. The topological polar surface area (TPSA) is 71.1 Å². The van der Waals surface area contributed by atoms with Crippen LogP contribution in [-0.4, -0.2) is 47.8 Å². The molecule has 5 heteroatoms. The van der Waals surface area contributed by atoms with Crippen molar-refractivity contribution in [1.82, 2.24) is 4.90 Å². The standard InChI is InChI=1S/C12H25N3O2/c1-9-7-15(8-10(2)17-9)6-5-12(3,4)11(13)14-16/h9-10,16H,5-8H2,1-4H3,(H2,13,14). The van der Waals surface area contributed by atoms with Crippen LogP contribution < -0.4 is 5.73 Å². The molecule has 1 aliphatic rings. The van der Waals surface area contributed by atoms with Gasteiger partial charge in [0.05, 0.1) is 12.2 Å². The molecule has 1 aliphatic heterocycles. The lowest BCUT2D eigenvalue weighted by molar-refractivity contribution is -0.0692. The summed E-state index contributed by atoms with van der Waals surface area (Å²) in [5, 5.41) is 11.8. The maximum Gasteiger partial charge on any atom is 0.144 e. The van der Waals surface area contributed by atoms with Crippen LogP contribution in [0.3, 0.4) is 0 Å². The summed E-state index contributed by atoms with van der Waals surface area (Å²) in [5.74, 6) is 0.298. The first-order chi connectivity index (χ1) is 7.85. The lowest BCUT2D eigenvalue weighted by atomic mass is 9.87. The molecule has 1 fully saturated rings. The van der Waals surface area contributed by atoms with E-state index in [2.05, 4.69) is 23.9 Å². The fourth-order valence-electron chi connectivity index (χ4n) is 2.17. The summed E-state index contributed by atoms with van der Waals surface area (Å²) in [5.41, 5.74) is 5.41. The molecule has 3 N–H and O–H groups in total. The molecule has 0 radical (unpaired) electrons. The van der Waals surface area contributed by atoms with Gasteiger partial charge in [0.1, 0.15) is 5.84 Å². The second kappa shape index (κ2) is 5.69. The van der Waals surface area contributed by atoms with Crippen LogP contribution in [-0.2, 0) is 4.74 Å². The summed E-state index contributed by atoms with van der Waals surface area (Å²) in [4.78, 5) is 2.38. The summed E-state index contributed by atoms with van der Waals surface area (Å²) in [6.45, 7) is 11.0. The van der Waals surface area contributed by atoms with E-state index in [-0.39, 0.29) is 17.6 Å². The molecule has 0 aromatic heterocycles. The highest BCUT2D eigenvalue weighted by Crippen LogP contribution is 2.22. The maximum absolute atomic E-state index is 8.72. The molecule has 0 saturated carbocycles. The van der Waals surface area contributed by atoms with Gasteiger partial charge in [-0.15, -0.1) is 0 Å². The molecule has 5 nitrogen and oxygen atoms in total. The van der Waals surface area contributed by atoms with Crippen molar-refractivity contribution in [2.75, 3.05) is 19.6 Å². The van der Waals surface area contributed by atoms with Crippen molar-refractivity contribution in [2.24, 2.45) is 16.3 Å². The average Bonchev–Trinajstić information content (AvgIpc) is 2.24. The van der Waals surface area contributed by atoms with Gasteiger partial charge in [-0.1, -0.05) is 19.0 Å². The van der Waals surface area contributed by atoms with E-state index < -0.39 is 0 Å². The van der Waals surface area contributed by atoms with Crippen LogP contribution in [0.1, 0.15) is 34.1 Å². The van der Waals surface area contributed by atoms with Gasteiger partial charge in [0.2, 0.25) is 0 Å². The largest absolute Gasteiger partial charge is 0.409 e. The summed E-state index contributed by atoms with van der Waals surface area (Å²) < 4.78 is 5.69. The van der Waals surface area contributed by atoms with E-state index in [1.54, 1.807) is 0 Å². The van der Waals surface area contributed by atoms with E-state index in [1.807, 2.05) is 13.8 Å². The molecule has 0 amide bonds. The van der Waals surface area contributed by atoms with Gasteiger partial charge in [0, 0.05) is 18.5 Å². The monoisotopic (exact) mass is 243 g/mol. The molecule has 0 aliphatic carbocycles. The fourth-order valence-corrected chi connectivity index (χ4v) is 2.17. The predicted octanol–water partition coefficient (Wildman–Crippen LogP) is 1.26. The number of ether oxygens (including phenoxy) is 1. The van der Waals surface area contributed by atoms with Crippen molar-refractivity contribution in [3.8, 4) is 0 Å². The summed E-state index contributed by atoms with van der Waals surface area (Å²) >= 11 is 0. The smallest absolute Gasteiger partial charge is 0.144 e. The van der Waals surface area contributed by atoms with Gasteiger partial charge < -0.3 is 15.7 Å². The van der Waals surface area contributed by atoms with Crippen LogP contribution in [0.4, 0.5) is 0 Å². The maximum atomic E-state index is 8.72. The minimum atomic E-state index is -0.264. The Morgan fingerprint density at radius 1 is 1.41 bits per heavy atom. The molecule has 1 rings (SSSR count). The van der Waals surface area contributed by atoms with Gasteiger partial charge >= 0.3 is 0 Å². The Morgan fingerprint density at radius 2 is 1.94 bits per heavy atom. The normalized spacial score (nSPS) is 28.4. The van der Waals surface area contributed by atoms with Crippen molar-refractivity contribution < 1.29 is 9.94 Å². The number of rotatable bonds is 4. The van der Waals surface area contributed by atoms with Gasteiger partial charge in [0.15, 0.2) is 0 Å². The van der Waals surface area contributed by atoms with Crippen LogP contribution in [0.15, 0.2) is 5.16 Å². The average molecular weight is 243 g/mol. The van der Waals surface area contributed by atoms with Crippen LogP contribution in [0.25, 0.3) is 0 Å². The van der Waals surface area contributed by atoms with E-state index in [1.165, 1.54) is 0 Å². The third-order valence-electron chi connectivity index (χ3n) is 3.35. The van der Waals surface area contributed by atoms with Crippen LogP contribution >= 0.6 is 0 Å². The number of oxime groups is 1. The molecule has 0 bridgehead atoms. The molecule has 2 unspecified atom stereocenters. The lowest BCUT2D eigenvalue weighted by Crippen LogP contribution is -2.47. The zero-order valence-corrected chi connectivity index (χ0v) is 11.3. The van der Waals surface area contributed by atoms with E-state index in [0.29, 0.717) is 5.84 Å². The van der Waals surface area contributed by atoms with Crippen molar-refractivity contribution in [1.29, 1.82) is 0 Å². The Morgan fingerprint density at radius 3 is 2.41 bits per heavy atom. The summed E-state index contributed by atoms with van der Waals surface area (Å²) in [6, 6.07) is 0. The fraction of sp³-hybridized carbons (Fsp3) is 0.917. The highest BCUT2D eigenvalue weighted by Gasteiger charge is 2.27. The highest BCUT2D eigenvalue weighted by molar-refractivity contribution is 5.85. The number of hydrogen-bond donors (Lipinski definition) is 2. The zero-order chi connectivity index (χ0) is 13.1. The molecule has 0 aromatic carbocycles. The number of nitrogens with two attached hydrogens (primary N) is 1. The first-order valence-electron chi connectivity index (χ1n) is 6.21. The number of morpholine rings is 1. The lowest BCUT2D eigenvalue weighted by Gasteiger charge is -2.36. The summed E-state index contributed by atoms with van der Waals surface area (Å²) in [7, 11) is 0. The van der Waals surface area contributed by atoms with Crippen LogP contribution in [0, 0.1) is 5.41 Å². The Balaban J connectivity index is 2.45. The Labute approximate surface area is 104 Å². The zero-order valence-electron chi connectivity index (χ0n) is 11.3. The molecule has 2 atom stereocenters. The molecule has 17 heavy (non-hydrogen) atoms. The Kier molecular flexibility index (Phi) is 4.77. The van der Waals surface area contributed by atoms with E-state index in [0.717, 1.165) is 26.1 Å². The van der Waals surface area contributed by atoms with E-state index >= 15 is 0 Å². The highest BCUT2D eigenvalue weighted by atomic mass is 16.5. The second-order valence-corrected chi connectivity index (χ2v) is 5.64. The minimum Gasteiger partial charge on any atom is -0.409 e. The van der Waals surface area contributed by atoms with Crippen molar-refractivity contribution >= 4 is 5.84 Å². The van der Waals surface area contributed by atoms with Crippen molar-refractivity contribution in [3.63, 3.8) is 0 Å². The van der Waals surface area contributed by atoms with Gasteiger partial charge in [-0.3, -0.25) is 4.90 Å². The third kappa shape index (κ3) is 4.16. The molecular weight excluding hydrogens is 218 g/mol. The van der Waals surface area contributed by atoms with E-state index in [9.17, 15) is 0 Å². The Bertz CT molecular complexity index is 269. The SMILES string of the molecule is CC1CN(CCC(C)(C)C(N)=NO)CC(C)O1. The van der Waals surface area contributed by atoms with Gasteiger partial charge in [-0.2, -0.15) is 0 Å². The molecule has 1 heterocycles. The van der Waals surface area contributed by atoms with E-state index in [4.69, 9.17) is 15.7 Å². The van der Waals surface area contributed by atoms with Crippen molar-refractivity contribution in [3.05, 3.63) is 0 Å².